The van der Waals surface area contributed by atoms with Gasteiger partial charge in [-0.1, -0.05) is 36.4 Å². The molecule has 0 aliphatic carbocycles. The molecule has 0 radical (unpaired) electrons. The standard InChI is InChI=1S/C20H20N2O3S/c1-14(15-6-3-2-4-7-15)21-19(23)16-8-5-9-17(12-16)22-20(24)18-13-26-11-10-25-18/h2-9,12-14H,10-11H2,1H3,(H,21,23)(H,22,24). The Morgan fingerprint density at radius 1 is 1.08 bits per heavy atom. The van der Waals surface area contributed by atoms with Crippen molar-refractivity contribution in [2.75, 3.05) is 17.7 Å². The van der Waals surface area contributed by atoms with E-state index < -0.39 is 0 Å². The second-order valence-corrected chi connectivity index (χ2v) is 6.82. The second-order valence-electron chi connectivity index (χ2n) is 5.84. The maximum Gasteiger partial charge on any atom is 0.291 e. The van der Waals surface area contributed by atoms with Gasteiger partial charge in [-0.05, 0) is 30.7 Å². The Morgan fingerprint density at radius 2 is 1.88 bits per heavy atom. The summed E-state index contributed by atoms with van der Waals surface area (Å²) < 4.78 is 5.34. The Balaban J connectivity index is 1.65. The Hall–Kier alpha value is -2.73. The van der Waals surface area contributed by atoms with Gasteiger partial charge in [0, 0.05) is 22.4 Å². The minimum Gasteiger partial charge on any atom is -0.487 e. The lowest BCUT2D eigenvalue weighted by Gasteiger charge is -2.16. The normalized spacial score (nSPS) is 14.6. The number of anilines is 1. The zero-order valence-electron chi connectivity index (χ0n) is 14.4. The van der Waals surface area contributed by atoms with Crippen LogP contribution < -0.4 is 10.6 Å². The molecule has 1 atom stereocenters. The van der Waals surface area contributed by atoms with E-state index in [0.717, 1.165) is 11.3 Å². The van der Waals surface area contributed by atoms with Crippen molar-refractivity contribution in [3.63, 3.8) is 0 Å². The Kier molecular flexibility index (Phi) is 5.96. The molecule has 26 heavy (non-hydrogen) atoms. The van der Waals surface area contributed by atoms with Crippen molar-refractivity contribution in [2.24, 2.45) is 0 Å². The summed E-state index contributed by atoms with van der Waals surface area (Å²) in [6.45, 7) is 2.45. The average molecular weight is 368 g/mol. The summed E-state index contributed by atoms with van der Waals surface area (Å²) in [7, 11) is 0. The number of carbonyl (C=O) groups is 2. The Bertz CT molecular complexity index is 821. The molecule has 1 unspecified atom stereocenters. The summed E-state index contributed by atoms with van der Waals surface area (Å²) in [5.74, 6) is 0.633. The fourth-order valence-electron chi connectivity index (χ4n) is 2.52. The molecule has 0 saturated heterocycles. The van der Waals surface area contributed by atoms with Crippen LogP contribution in [0.4, 0.5) is 5.69 Å². The van der Waals surface area contributed by atoms with Gasteiger partial charge in [-0.3, -0.25) is 9.59 Å². The van der Waals surface area contributed by atoms with Gasteiger partial charge in [-0.15, -0.1) is 11.8 Å². The molecule has 1 aliphatic rings. The van der Waals surface area contributed by atoms with Crippen molar-refractivity contribution in [2.45, 2.75) is 13.0 Å². The van der Waals surface area contributed by atoms with Gasteiger partial charge >= 0.3 is 0 Å². The summed E-state index contributed by atoms with van der Waals surface area (Å²) in [5.41, 5.74) is 2.07. The minimum absolute atomic E-state index is 0.111. The molecule has 2 aromatic carbocycles. The van der Waals surface area contributed by atoms with E-state index in [1.807, 2.05) is 37.3 Å². The third-order valence-electron chi connectivity index (χ3n) is 3.90. The lowest BCUT2D eigenvalue weighted by molar-refractivity contribution is -0.116. The van der Waals surface area contributed by atoms with Crippen molar-refractivity contribution in [3.8, 4) is 0 Å². The molecule has 2 N–H and O–H groups in total. The average Bonchev–Trinajstić information content (AvgIpc) is 2.69. The number of hydrogen-bond donors (Lipinski definition) is 2. The number of benzene rings is 2. The van der Waals surface area contributed by atoms with Gasteiger partial charge in [-0.2, -0.15) is 0 Å². The van der Waals surface area contributed by atoms with Crippen molar-refractivity contribution in [3.05, 3.63) is 76.9 Å². The highest BCUT2D eigenvalue weighted by Gasteiger charge is 2.16. The summed E-state index contributed by atoms with van der Waals surface area (Å²) in [5, 5.41) is 7.44. The van der Waals surface area contributed by atoms with E-state index in [0.29, 0.717) is 23.6 Å². The maximum atomic E-state index is 12.5. The van der Waals surface area contributed by atoms with Crippen LogP contribution in [0.5, 0.6) is 0 Å². The van der Waals surface area contributed by atoms with E-state index >= 15 is 0 Å². The van der Waals surface area contributed by atoms with Gasteiger partial charge in [0.15, 0.2) is 5.76 Å². The Morgan fingerprint density at radius 3 is 2.62 bits per heavy atom. The van der Waals surface area contributed by atoms with Gasteiger partial charge in [0.1, 0.15) is 0 Å². The summed E-state index contributed by atoms with van der Waals surface area (Å²) in [6, 6.07) is 16.5. The smallest absolute Gasteiger partial charge is 0.291 e. The molecule has 1 aliphatic heterocycles. The van der Waals surface area contributed by atoms with Crippen LogP contribution in [0.1, 0.15) is 28.9 Å². The quantitative estimate of drug-likeness (QED) is 0.844. The van der Waals surface area contributed by atoms with Crippen LogP contribution >= 0.6 is 11.8 Å². The van der Waals surface area contributed by atoms with Crippen molar-refractivity contribution < 1.29 is 14.3 Å². The number of ether oxygens (including phenoxy) is 1. The number of carbonyl (C=O) groups excluding carboxylic acids is 2. The lowest BCUT2D eigenvalue weighted by atomic mass is 10.1. The molecule has 0 fully saturated rings. The number of amides is 2. The first-order valence-electron chi connectivity index (χ1n) is 8.35. The number of thioether (sulfide) groups is 1. The van der Waals surface area contributed by atoms with Crippen molar-refractivity contribution >= 4 is 29.3 Å². The molecule has 6 heteroatoms. The summed E-state index contributed by atoms with van der Waals surface area (Å²) in [6.07, 6.45) is 0. The fraction of sp³-hybridized carbons (Fsp3) is 0.200. The topological polar surface area (TPSA) is 67.4 Å². The van der Waals surface area contributed by atoms with Crippen LogP contribution in [0.25, 0.3) is 0 Å². The number of hydrogen-bond acceptors (Lipinski definition) is 4. The highest BCUT2D eigenvalue weighted by atomic mass is 32.2. The molecule has 0 saturated carbocycles. The van der Waals surface area contributed by atoms with Gasteiger partial charge in [-0.25, -0.2) is 0 Å². The summed E-state index contributed by atoms with van der Waals surface area (Å²) >= 11 is 1.54. The number of rotatable bonds is 5. The number of nitrogens with one attached hydrogen (secondary N) is 2. The molecule has 1 heterocycles. The molecule has 2 aromatic rings. The Labute approximate surface area is 156 Å². The first kappa shape index (κ1) is 18.1. The highest BCUT2D eigenvalue weighted by Crippen LogP contribution is 2.18. The predicted molar refractivity (Wildman–Crippen MR) is 104 cm³/mol. The van der Waals surface area contributed by atoms with Crippen molar-refractivity contribution in [1.29, 1.82) is 0 Å². The predicted octanol–water partition coefficient (Wildman–Crippen LogP) is 3.72. The van der Waals surface area contributed by atoms with Crippen molar-refractivity contribution in [1.82, 2.24) is 5.32 Å². The van der Waals surface area contributed by atoms with Crippen LogP contribution in [0, 0.1) is 0 Å². The molecule has 2 amide bonds. The monoisotopic (exact) mass is 368 g/mol. The zero-order valence-corrected chi connectivity index (χ0v) is 15.2. The van der Waals surface area contributed by atoms with Crippen LogP contribution in [-0.4, -0.2) is 24.2 Å². The highest BCUT2D eigenvalue weighted by molar-refractivity contribution is 8.02. The van der Waals surface area contributed by atoms with E-state index in [1.54, 1.807) is 41.4 Å². The van der Waals surface area contributed by atoms with E-state index in [2.05, 4.69) is 10.6 Å². The third-order valence-corrected chi connectivity index (χ3v) is 4.69. The van der Waals surface area contributed by atoms with Crippen LogP contribution in [0.15, 0.2) is 65.8 Å². The molecular formula is C20H20N2O3S. The van der Waals surface area contributed by atoms with Crippen LogP contribution in [0.3, 0.4) is 0 Å². The molecule has 3 rings (SSSR count). The third kappa shape index (κ3) is 4.67. The van der Waals surface area contributed by atoms with Gasteiger partial charge < -0.3 is 15.4 Å². The van der Waals surface area contributed by atoms with Crippen LogP contribution in [0.2, 0.25) is 0 Å². The second kappa shape index (κ2) is 8.58. The van der Waals surface area contributed by atoms with Crippen LogP contribution in [-0.2, 0) is 9.53 Å². The SMILES string of the molecule is CC(NC(=O)c1cccc(NC(=O)C2=CSCCO2)c1)c1ccccc1. The largest absolute Gasteiger partial charge is 0.487 e. The molecule has 0 spiro atoms. The lowest BCUT2D eigenvalue weighted by Crippen LogP contribution is -2.26. The minimum atomic E-state index is -0.313. The van der Waals surface area contributed by atoms with Gasteiger partial charge in [0.2, 0.25) is 0 Å². The van der Waals surface area contributed by atoms with Gasteiger partial charge in [0.25, 0.3) is 11.8 Å². The molecule has 0 bridgehead atoms. The van der Waals surface area contributed by atoms with Gasteiger partial charge in [0.05, 0.1) is 12.6 Å². The first-order chi connectivity index (χ1) is 12.6. The summed E-state index contributed by atoms with van der Waals surface area (Å²) in [4.78, 5) is 24.7. The van der Waals surface area contributed by atoms with E-state index in [1.165, 1.54) is 0 Å². The molecule has 134 valence electrons. The fourth-order valence-corrected chi connectivity index (χ4v) is 3.15. The first-order valence-corrected chi connectivity index (χ1v) is 9.40. The molecular weight excluding hydrogens is 348 g/mol. The zero-order chi connectivity index (χ0) is 18.4. The van der Waals surface area contributed by atoms with E-state index in [-0.39, 0.29) is 17.9 Å². The maximum absolute atomic E-state index is 12.5. The molecule has 0 aromatic heterocycles. The molecule has 5 nitrogen and oxygen atoms in total. The van der Waals surface area contributed by atoms with E-state index in [4.69, 9.17) is 4.74 Å². The van der Waals surface area contributed by atoms with E-state index in [9.17, 15) is 9.59 Å².